The molecule has 0 aliphatic heterocycles. The molecule has 0 bridgehead atoms. The summed E-state index contributed by atoms with van der Waals surface area (Å²) in [6.07, 6.45) is 1.47. The number of para-hydroxylation sites is 1. The number of hydrogen-bond donors (Lipinski definition) is 2. The summed E-state index contributed by atoms with van der Waals surface area (Å²) in [6.45, 7) is 0.800. The van der Waals surface area contributed by atoms with Crippen molar-refractivity contribution in [2.75, 3.05) is 19.0 Å². The summed E-state index contributed by atoms with van der Waals surface area (Å²) in [5.74, 6) is -0.347. The van der Waals surface area contributed by atoms with Gasteiger partial charge in [-0.15, -0.1) is 0 Å². The van der Waals surface area contributed by atoms with Crippen LogP contribution in [0.4, 0.5) is 5.69 Å². The molecule has 0 saturated carbocycles. The first-order chi connectivity index (χ1) is 7.74. The van der Waals surface area contributed by atoms with Crippen LogP contribution in [0.15, 0.2) is 30.3 Å². The van der Waals surface area contributed by atoms with Gasteiger partial charge in [-0.25, -0.2) is 0 Å². The lowest BCUT2D eigenvalue weighted by atomic mass is 10.1. The van der Waals surface area contributed by atoms with Crippen LogP contribution in [0, 0.1) is 0 Å². The zero-order valence-corrected chi connectivity index (χ0v) is 9.48. The van der Waals surface area contributed by atoms with Gasteiger partial charge in [-0.3, -0.25) is 4.79 Å². The van der Waals surface area contributed by atoms with E-state index in [0.717, 1.165) is 18.7 Å². The Hall–Kier alpha value is -1.55. The van der Waals surface area contributed by atoms with Crippen molar-refractivity contribution in [1.82, 2.24) is 0 Å². The predicted octanol–water partition coefficient (Wildman–Crippen LogP) is 1.38. The topological polar surface area (TPSA) is 64.3 Å². The van der Waals surface area contributed by atoms with Gasteiger partial charge in [-0.05, 0) is 25.0 Å². The molecule has 16 heavy (non-hydrogen) atoms. The average molecular weight is 222 g/mol. The second-order valence-electron chi connectivity index (χ2n) is 3.56. The number of methoxy groups -OCH3 is 1. The van der Waals surface area contributed by atoms with Crippen LogP contribution in [0.2, 0.25) is 0 Å². The molecule has 1 unspecified atom stereocenters. The third-order valence-corrected chi connectivity index (χ3v) is 2.30. The number of esters is 1. The molecular formula is C12H18N2O2. The van der Waals surface area contributed by atoms with Crippen molar-refractivity contribution in [3.05, 3.63) is 30.3 Å². The number of carbonyl (C=O) groups is 1. The van der Waals surface area contributed by atoms with Crippen molar-refractivity contribution in [1.29, 1.82) is 0 Å². The zero-order valence-electron chi connectivity index (χ0n) is 9.48. The minimum Gasteiger partial charge on any atom is -0.468 e. The normalized spacial score (nSPS) is 11.9. The predicted molar refractivity (Wildman–Crippen MR) is 64.2 cm³/mol. The van der Waals surface area contributed by atoms with Crippen LogP contribution in [0.1, 0.15) is 12.8 Å². The molecule has 0 aromatic heterocycles. The van der Waals surface area contributed by atoms with E-state index in [4.69, 9.17) is 5.73 Å². The summed E-state index contributed by atoms with van der Waals surface area (Å²) < 4.78 is 4.54. The van der Waals surface area contributed by atoms with E-state index in [1.807, 2.05) is 30.3 Å². The van der Waals surface area contributed by atoms with E-state index in [1.165, 1.54) is 7.11 Å². The number of rotatable bonds is 6. The number of benzene rings is 1. The fourth-order valence-corrected chi connectivity index (χ4v) is 1.38. The average Bonchev–Trinajstić information content (AvgIpc) is 2.34. The van der Waals surface area contributed by atoms with Crippen molar-refractivity contribution in [2.24, 2.45) is 5.73 Å². The van der Waals surface area contributed by atoms with E-state index in [0.29, 0.717) is 6.42 Å². The van der Waals surface area contributed by atoms with Crippen LogP contribution >= 0.6 is 0 Å². The maximum atomic E-state index is 11.0. The van der Waals surface area contributed by atoms with Crippen molar-refractivity contribution < 1.29 is 9.53 Å². The van der Waals surface area contributed by atoms with E-state index in [1.54, 1.807) is 0 Å². The molecule has 0 saturated heterocycles. The summed E-state index contributed by atoms with van der Waals surface area (Å²) in [5.41, 5.74) is 6.68. The molecule has 0 heterocycles. The molecule has 1 aromatic rings. The monoisotopic (exact) mass is 222 g/mol. The standard InChI is InChI=1S/C12H18N2O2/c1-16-12(15)11(13)8-5-9-14-10-6-3-2-4-7-10/h2-4,6-7,11,14H,5,8-9,13H2,1H3. The number of anilines is 1. The molecule has 0 aliphatic rings. The molecule has 0 fully saturated rings. The fourth-order valence-electron chi connectivity index (χ4n) is 1.38. The minimum atomic E-state index is -0.512. The first-order valence-corrected chi connectivity index (χ1v) is 5.36. The lowest BCUT2D eigenvalue weighted by Crippen LogP contribution is -2.31. The van der Waals surface area contributed by atoms with Crippen LogP contribution in [0.25, 0.3) is 0 Å². The van der Waals surface area contributed by atoms with Crippen molar-refractivity contribution >= 4 is 11.7 Å². The van der Waals surface area contributed by atoms with Gasteiger partial charge in [-0.1, -0.05) is 18.2 Å². The van der Waals surface area contributed by atoms with E-state index in [-0.39, 0.29) is 5.97 Å². The first-order valence-electron chi connectivity index (χ1n) is 5.36. The van der Waals surface area contributed by atoms with Crippen molar-refractivity contribution in [2.45, 2.75) is 18.9 Å². The minimum absolute atomic E-state index is 0.347. The van der Waals surface area contributed by atoms with Gasteiger partial charge in [0.25, 0.3) is 0 Å². The second-order valence-corrected chi connectivity index (χ2v) is 3.56. The molecule has 4 nitrogen and oxygen atoms in total. The van der Waals surface area contributed by atoms with Crippen LogP contribution in [0.5, 0.6) is 0 Å². The molecule has 0 aliphatic carbocycles. The largest absolute Gasteiger partial charge is 0.468 e. The van der Waals surface area contributed by atoms with Crippen LogP contribution < -0.4 is 11.1 Å². The van der Waals surface area contributed by atoms with Crippen molar-refractivity contribution in [3.63, 3.8) is 0 Å². The Labute approximate surface area is 95.8 Å². The molecule has 1 rings (SSSR count). The lowest BCUT2D eigenvalue weighted by molar-refractivity contribution is -0.142. The Bertz CT molecular complexity index is 314. The third kappa shape index (κ3) is 4.31. The summed E-state index contributed by atoms with van der Waals surface area (Å²) in [4.78, 5) is 11.0. The quantitative estimate of drug-likeness (QED) is 0.564. The van der Waals surface area contributed by atoms with Crippen LogP contribution in [-0.4, -0.2) is 25.7 Å². The van der Waals surface area contributed by atoms with Gasteiger partial charge < -0.3 is 15.8 Å². The number of carbonyl (C=O) groups excluding carboxylic acids is 1. The van der Waals surface area contributed by atoms with Crippen LogP contribution in [-0.2, 0) is 9.53 Å². The van der Waals surface area contributed by atoms with E-state index in [9.17, 15) is 4.79 Å². The SMILES string of the molecule is COC(=O)C(N)CCCNc1ccccc1. The molecule has 0 amide bonds. The molecule has 0 radical (unpaired) electrons. The number of hydrogen-bond acceptors (Lipinski definition) is 4. The second kappa shape index (κ2) is 6.85. The van der Waals surface area contributed by atoms with Gasteiger partial charge >= 0.3 is 5.97 Å². The molecule has 1 aromatic carbocycles. The van der Waals surface area contributed by atoms with Gasteiger partial charge in [0.05, 0.1) is 7.11 Å². The summed E-state index contributed by atoms with van der Waals surface area (Å²) in [6, 6.07) is 9.41. The summed E-state index contributed by atoms with van der Waals surface area (Å²) >= 11 is 0. The molecule has 88 valence electrons. The highest BCUT2D eigenvalue weighted by Crippen LogP contribution is 2.05. The maximum Gasteiger partial charge on any atom is 0.322 e. The van der Waals surface area contributed by atoms with E-state index < -0.39 is 6.04 Å². The van der Waals surface area contributed by atoms with Crippen LogP contribution in [0.3, 0.4) is 0 Å². The Morgan fingerprint density at radius 1 is 1.44 bits per heavy atom. The van der Waals surface area contributed by atoms with Crippen molar-refractivity contribution in [3.8, 4) is 0 Å². The Kier molecular flexibility index (Phi) is 5.36. The summed E-state index contributed by atoms with van der Waals surface area (Å²) in [5, 5.41) is 3.25. The van der Waals surface area contributed by atoms with Gasteiger partial charge in [0.1, 0.15) is 6.04 Å². The highest BCUT2D eigenvalue weighted by Gasteiger charge is 2.12. The zero-order chi connectivity index (χ0) is 11.8. The molecule has 1 atom stereocenters. The maximum absolute atomic E-state index is 11.0. The smallest absolute Gasteiger partial charge is 0.322 e. The number of ether oxygens (including phenoxy) is 1. The van der Waals surface area contributed by atoms with Gasteiger partial charge in [-0.2, -0.15) is 0 Å². The molecule has 0 spiro atoms. The third-order valence-electron chi connectivity index (χ3n) is 2.30. The van der Waals surface area contributed by atoms with Gasteiger partial charge in [0, 0.05) is 12.2 Å². The Morgan fingerprint density at radius 3 is 2.75 bits per heavy atom. The molecular weight excluding hydrogens is 204 g/mol. The van der Waals surface area contributed by atoms with E-state index >= 15 is 0 Å². The van der Waals surface area contributed by atoms with Gasteiger partial charge in [0.15, 0.2) is 0 Å². The number of nitrogens with one attached hydrogen (secondary N) is 1. The van der Waals surface area contributed by atoms with E-state index in [2.05, 4.69) is 10.1 Å². The van der Waals surface area contributed by atoms with Gasteiger partial charge in [0.2, 0.25) is 0 Å². The Balaban J connectivity index is 2.15. The Morgan fingerprint density at radius 2 is 2.12 bits per heavy atom. The first kappa shape index (κ1) is 12.5. The highest BCUT2D eigenvalue weighted by molar-refractivity contribution is 5.75. The fraction of sp³-hybridized carbons (Fsp3) is 0.417. The number of nitrogens with two attached hydrogens (primary N) is 1. The highest BCUT2D eigenvalue weighted by atomic mass is 16.5. The lowest BCUT2D eigenvalue weighted by Gasteiger charge is -2.09. The molecule has 4 heteroatoms. The summed E-state index contributed by atoms with van der Waals surface area (Å²) in [7, 11) is 1.35. The molecule has 3 N–H and O–H groups in total.